The van der Waals surface area contributed by atoms with Crippen LogP contribution in [-0.2, 0) is 0 Å². The lowest BCUT2D eigenvalue weighted by Gasteiger charge is -2.18. The number of nitrogens with zero attached hydrogens (tertiary/aromatic N) is 2. The predicted octanol–water partition coefficient (Wildman–Crippen LogP) is 4.54. The minimum absolute atomic E-state index is 0.186. The smallest absolute Gasteiger partial charge is 0.134 e. The van der Waals surface area contributed by atoms with Crippen LogP contribution in [0.3, 0.4) is 0 Å². The Bertz CT molecular complexity index is 583. The summed E-state index contributed by atoms with van der Waals surface area (Å²) < 4.78 is 1.09. The summed E-state index contributed by atoms with van der Waals surface area (Å²) in [4.78, 5) is 8.66. The standard InChI is InChI=1S/C16H21BrN4/c1-4-9-18-15-11(2)16(20-10-19-15)21-12(3)13-5-7-14(17)8-6-13/h5-8,10,12H,4,9H2,1-3H3,(H2,18,19,20,21). The summed E-state index contributed by atoms with van der Waals surface area (Å²) in [5, 5.41) is 6.78. The number of nitrogens with one attached hydrogen (secondary N) is 2. The first kappa shape index (κ1) is 15.8. The first-order valence-corrected chi connectivity index (χ1v) is 7.98. The molecule has 1 aromatic heterocycles. The van der Waals surface area contributed by atoms with Crippen LogP contribution >= 0.6 is 15.9 Å². The lowest BCUT2D eigenvalue weighted by Crippen LogP contribution is -2.12. The van der Waals surface area contributed by atoms with E-state index in [9.17, 15) is 0 Å². The third kappa shape index (κ3) is 4.17. The second-order valence-electron chi connectivity index (χ2n) is 5.04. The van der Waals surface area contributed by atoms with Gasteiger partial charge in [0.1, 0.15) is 18.0 Å². The lowest BCUT2D eigenvalue weighted by molar-refractivity contribution is 0.866. The molecule has 2 rings (SSSR count). The van der Waals surface area contributed by atoms with Crippen LogP contribution in [0.4, 0.5) is 11.6 Å². The van der Waals surface area contributed by atoms with Crippen molar-refractivity contribution >= 4 is 27.6 Å². The van der Waals surface area contributed by atoms with E-state index in [0.29, 0.717) is 0 Å². The molecule has 0 fully saturated rings. The van der Waals surface area contributed by atoms with Crippen LogP contribution in [0.5, 0.6) is 0 Å². The minimum atomic E-state index is 0.186. The number of aromatic nitrogens is 2. The summed E-state index contributed by atoms with van der Waals surface area (Å²) in [5.74, 6) is 1.77. The summed E-state index contributed by atoms with van der Waals surface area (Å²) >= 11 is 3.46. The molecular formula is C16H21BrN4. The molecule has 21 heavy (non-hydrogen) atoms. The average Bonchev–Trinajstić information content (AvgIpc) is 2.49. The molecule has 0 aliphatic rings. The van der Waals surface area contributed by atoms with Gasteiger partial charge in [0.2, 0.25) is 0 Å². The van der Waals surface area contributed by atoms with Crippen molar-refractivity contribution in [3.05, 3.63) is 46.2 Å². The second-order valence-corrected chi connectivity index (χ2v) is 5.96. The molecule has 2 N–H and O–H groups in total. The summed E-state index contributed by atoms with van der Waals surface area (Å²) in [6.07, 6.45) is 2.67. The summed E-state index contributed by atoms with van der Waals surface area (Å²) in [6.45, 7) is 7.22. The van der Waals surface area contributed by atoms with E-state index in [0.717, 1.165) is 34.6 Å². The van der Waals surface area contributed by atoms with E-state index in [2.05, 4.69) is 74.6 Å². The molecule has 1 heterocycles. The molecule has 2 aromatic rings. The number of hydrogen-bond acceptors (Lipinski definition) is 4. The van der Waals surface area contributed by atoms with Gasteiger partial charge in [0.05, 0.1) is 0 Å². The Hall–Kier alpha value is -1.62. The van der Waals surface area contributed by atoms with Crippen molar-refractivity contribution in [2.45, 2.75) is 33.2 Å². The Labute approximate surface area is 134 Å². The SMILES string of the molecule is CCCNc1ncnc(NC(C)c2ccc(Br)cc2)c1C. The molecule has 0 aliphatic heterocycles. The summed E-state index contributed by atoms with van der Waals surface area (Å²) in [5.41, 5.74) is 2.27. The second kappa shape index (κ2) is 7.41. The quantitative estimate of drug-likeness (QED) is 0.804. The van der Waals surface area contributed by atoms with Gasteiger partial charge < -0.3 is 10.6 Å². The zero-order valence-electron chi connectivity index (χ0n) is 12.7. The van der Waals surface area contributed by atoms with E-state index < -0.39 is 0 Å². The van der Waals surface area contributed by atoms with Crippen molar-refractivity contribution in [2.75, 3.05) is 17.2 Å². The average molecular weight is 349 g/mol. The highest BCUT2D eigenvalue weighted by Gasteiger charge is 2.10. The number of halogens is 1. The largest absolute Gasteiger partial charge is 0.370 e. The molecule has 4 nitrogen and oxygen atoms in total. The Balaban J connectivity index is 2.13. The van der Waals surface area contributed by atoms with Crippen molar-refractivity contribution in [1.82, 2.24) is 9.97 Å². The van der Waals surface area contributed by atoms with Gasteiger partial charge in [-0.2, -0.15) is 0 Å². The van der Waals surface area contributed by atoms with Crippen LogP contribution in [-0.4, -0.2) is 16.5 Å². The molecule has 1 aromatic carbocycles. The van der Waals surface area contributed by atoms with Gasteiger partial charge in [-0.15, -0.1) is 0 Å². The first-order chi connectivity index (χ1) is 10.1. The number of benzene rings is 1. The molecule has 0 aliphatic carbocycles. The van der Waals surface area contributed by atoms with E-state index in [-0.39, 0.29) is 6.04 Å². The van der Waals surface area contributed by atoms with Crippen LogP contribution < -0.4 is 10.6 Å². The van der Waals surface area contributed by atoms with Crippen LogP contribution in [0.25, 0.3) is 0 Å². The first-order valence-electron chi connectivity index (χ1n) is 7.19. The van der Waals surface area contributed by atoms with Gasteiger partial charge in [0.15, 0.2) is 0 Å². The summed E-state index contributed by atoms with van der Waals surface area (Å²) in [6, 6.07) is 8.50. The fourth-order valence-electron chi connectivity index (χ4n) is 2.06. The zero-order valence-corrected chi connectivity index (χ0v) is 14.2. The van der Waals surface area contributed by atoms with E-state index in [1.54, 1.807) is 6.33 Å². The van der Waals surface area contributed by atoms with Gasteiger partial charge in [-0.3, -0.25) is 0 Å². The van der Waals surface area contributed by atoms with E-state index in [1.165, 1.54) is 5.56 Å². The zero-order chi connectivity index (χ0) is 15.2. The van der Waals surface area contributed by atoms with Gasteiger partial charge in [0, 0.05) is 22.6 Å². The van der Waals surface area contributed by atoms with Gasteiger partial charge in [-0.25, -0.2) is 9.97 Å². The highest BCUT2D eigenvalue weighted by Crippen LogP contribution is 2.24. The van der Waals surface area contributed by atoms with Crippen molar-refractivity contribution in [3.8, 4) is 0 Å². The van der Waals surface area contributed by atoms with Crippen LogP contribution in [0, 0.1) is 6.92 Å². The number of anilines is 2. The van der Waals surface area contributed by atoms with Gasteiger partial charge in [-0.05, 0) is 38.0 Å². The lowest BCUT2D eigenvalue weighted by atomic mass is 10.1. The van der Waals surface area contributed by atoms with E-state index in [4.69, 9.17) is 0 Å². The molecule has 5 heteroatoms. The van der Waals surface area contributed by atoms with Gasteiger partial charge in [-0.1, -0.05) is 35.0 Å². The Morgan fingerprint density at radius 2 is 1.81 bits per heavy atom. The van der Waals surface area contributed by atoms with E-state index in [1.807, 2.05) is 6.92 Å². The van der Waals surface area contributed by atoms with Crippen molar-refractivity contribution in [2.24, 2.45) is 0 Å². The van der Waals surface area contributed by atoms with Crippen molar-refractivity contribution in [1.29, 1.82) is 0 Å². The molecular weight excluding hydrogens is 328 g/mol. The molecule has 0 bridgehead atoms. The van der Waals surface area contributed by atoms with Crippen LogP contribution in [0.15, 0.2) is 35.1 Å². The fourth-order valence-corrected chi connectivity index (χ4v) is 2.32. The molecule has 0 saturated heterocycles. The molecule has 0 spiro atoms. The van der Waals surface area contributed by atoms with Crippen LogP contribution in [0.1, 0.15) is 37.4 Å². The topological polar surface area (TPSA) is 49.8 Å². The minimum Gasteiger partial charge on any atom is -0.370 e. The molecule has 1 atom stereocenters. The fraction of sp³-hybridized carbons (Fsp3) is 0.375. The molecule has 1 unspecified atom stereocenters. The molecule has 0 saturated carbocycles. The number of hydrogen-bond donors (Lipinski definition) is 2. The normalized spacial score (nSPS) is 12.0. The van der Waals surface area contributed by atoms with Crippen molar-refractivity contribution < 1.29 is 0 Å². The maximum Gasteiger partial charge on any atom is 0.134 e. The third-order valence-electron chi connectivity index (χ3n) is 3.35. The molecule has 0 amide bonds. The molecule has 112 valence electrons. The molecule has 0 radical (unpaired) electrons. The predicted molar refractivity (Wildman–Crippen MR) is 91.7 cm³/mol. The van der Waals surface area contributed by atoms with Crippen LogP contribution in [0.2, 0.25) is 0 Å². The van der Waals surface area contributed by atoms with Gasteiger partial charge >= 0.3 is 0 Å². The highest BCUT2D eigenvalue weighted by molar-refractivity contribution is 9.10. The maximum atomic E-state index is 4.36. The summed E-state index contributed by atoms with van der Waals surface area (Å²) in [7, 11) is 0. The maximum absolute atomic E-state index is 4.36. The third-order valence-corrected chi connectivity index (χ3v) is 3.88. The van der Waals surface area contributed by atoms with Crippen molar-refractivity contribution in [3.63, 3.8) is 0 Å². The number of rotatable bonds is 6. The Kier molecular flexibility index (Phi) is 5.56. The highest BCUT2D eigenvalue weighted by atomic mass is 79.9. The van der Waals surface area contributed by atoms with E-state index >= 15 is 0 Å². The monoisotopic (exact) mass is 348 g/mol. The Morgan fingerprint density at radius 1 is 1.14 bits per heavy atom. The Morgan fingerprint density at radius 3 is 2.48 bits per heavy atom. The van der Waals surface area contributed by atoms with Gasteiger partial charge in [0.25, 0.3) is 0 Å².